The normalized spacial score (nSPS) is 18.0. The average Bonchev–Trinajstić information content (AvgIpc) is 3.27. The second kappa shape index (κ2) is 7.50. The van der Waals surface area contributed by atoms with E-state index < -0.39 is 0 Å². The molecule has 0 N–H and O–H groups in total. The molecule has 2 aromatic heterocycles. The molecule has 26 heavy (non-hydrogen) atoms. The monoisotopic (exact) mass is 353 g/mol. The molecule has 1 saturated heterocycles. The van der Waals surface area contributed by atoms with E-state index in [0.717, 1.165) is 50.0 Å². The number of rotatable bonds is 6. The van der Waals surface area contributed by atoms with Crippen LogP contribution >= 0.6 is 0 Å². The van der Waals surface area contributed by atoms with E-state index >= 15 is 0 Å². The van der Waals surface area contributed by atoms with Gasteiger partial charge in [-0.3, -0.25) is 0 Å². The number of hydrogen-bond donors (Lipinski definition) is 0. The van der Waals surface area contributed by atoms with E-state index in [4.69, 9.17) is 0 Å². The Morgan fingerprint density at radius 3 is 3.04 bits per heavy atom. The summed E-state index contributed by atoms with van der Waals surface area (Å²) in [5, 5.41) is 4.13. The van der Waals surface area contributed by atoms with Gasteiger partial charge < -0.3 is 4.90 Å². The molecule has 1 aromatic carbocycles. The lowest BCUT2D eigenvalue weighted by Crippen LogP contribution is -2.22. The van der Waals surface area contributed by atoms with E-state index in [-0.39, 0.29) is 5.82 Å². The quantitative estimate of drug-likeness (QED) is 0.683. The van der Waals surface area contributed by atoms with Crippen molar-refractivity contribution >= 4 is 5.78 Å². The zero-order chi connectivity index (χ0) is 17.9. The van der Waals surface area contributed by atoms with Crippen molar-refractivity contribution in [2.45, 2.75) is 32.6 Å². The topological polar surface area (TPSA) is 46.3 Å². The Labute approximate surface area is 152 Å². The van der Waals surface area contributed by atoms with Crippen LogP contribution in [-0.2, 0) is 12.8 Å². The first kappa shape index (κ1) is 17.1. The van der Waals surface area contributed by atoms with Crippen LogP contribution < -0.4 is 0 Å². The van der Waals surface area contributed by atoms with Crippen molar-refractivity contribution in [3.05, 3.63) is 59.4 Å². The van der Waals surface area contributed by atoms with Crippen LogP contribution in [0.25, 0.3) is 5.78 Å². The van der Waals surface area contributed by atoms with Gasteiger partial charge in [-0.25, -0.2) is 13.9 Å². The van der Waals surface area contributed by atoms with E-state index in [1.54, 1.807) is 10.6 Å². The van der Waals surface area contributed by atoms with Gasteiger partial charge >= 0.3 is 0 Å². The zero-order valence-electron chi connectivity index (χ0n) is 15.1. The SMILES string of the molecule is Cc1ccc(CC2CCN(CCCc3cnc4ncnn4c3)C2)cc1F. The Hall–Kier alpha value is -2.34. The van der Waals surface area contributed by atoms with Crippen LogP contribution in [-0.4, -0.2) is 44.1 Å². The van der Waals surface area contributed by atoms with Crippen LogP contribution in [0.3, 0.4) is 0 Å². The van der Waals surface area contributed by atoms with Crippen molar-refractivity contribution in [3.8, 4) is 0 Å². The number of aryl methyl sites for hydroxylation is 2. The summed E-state index contributed by atoms with van der Waals surface area (Å²) < 4.78 is 15.4. The van der Waals surface area contributed by atoms with Gasteiger partial charge in [0, 0.05) is 18.9 Å². The molecule has 0 spiro atoms. The molecule has 5 nitrogen and oxygen atoms in total. The van der Waals surface area contributed by atoms with Crippen LogP contribution in [0.5, 0.6) is 0 Å². The first-order valence-electron chi connectivity index (χ1n) is 9.29. The third kappa shape index (κ3) is 3.90. The third-order valence-electron chi connectivity index (χ3n) is 5.26. The molecule has 0 radical (unpaired) electrons. The summed E-state index contributed by atoms with van der Waals surface area (Å²) in [5.41, 5.74) is 3.03. The van der Waals surface area contributed by atoms with Crippen LogP contribution in [0.15, 0.2) is 36.9 Å². The summed E-state index contributed by atoms with van der Waals surface area (Å²) in [6, 6.07) is 5.65. The molecule has 1 atom stereocenters. The molecule has 136 valence electrons. The average molecular weight is 353 g/mol. The van der Waals surface area contributed by atoms with Gasteiger partial charge in [0.2, 0.25) is 0 Å². The predicted molar refractivity (Wildman–Crippen MR) is 98.5 cm³/mol. The van der Waals surface area contributed by atoms with E-state index in [2.05, 4.69) is 26.0 Å². The van der Waals surface area contributed by atoms with Crippen LogP contribution in [0.4, 0.5) is 4.39 Å². The highest BCUT2D eigenvalue weighted by Crippen LogP contribution is 2.22. The number of likely N-dealkylation sites (tertiary alicyclic amines) is 1. The molecular weight excluding hydrogens is 329 g/mol. The Kier molecular flexibility index (Phi) is 4.93. The Balaban J connectivity index is 1.24. The minimum Gasteiger partial charge on any atom is -0.303 e. The lowest BCUT2D eigenvalue weighted by molar-refractivity contribution is 0.319. The molecule has 3 aromatic rings. The molecule has 1 fully saturated rings. The number of halogens is 1. The molecule has 0 saturated carbocycles. The molecule has 1 unspecified atom stereocenters. The van der Waals surface area contributed by atoms with Gasteiger partial charge in [-0.15, -0.1) is 0 Å². The van der Waals surface area contributed by atoms with Crippen LogP contribution in [0.1, 0.15) is 29.5 Å². The van der Waals surface area contributed by atoms with Crippen molar-refractivity contribution in [2.75, 3.05) is 19.6 Å². The molecule has 4 rings (SSSR count). The number of benzene rings is 1. The van der Waals surface area contributed by atoms with Crippen molar-refractivity contribution in [1.82, 2.24) is 24.5 Å². The Morgan fingerprint density at radius 1 is 1.23 bits per heavy atom. The van der Waals surface area contributed by atoms with E-state index in [1.807, 2.05) is 25.4 Å². The van der Waals surface area contributed by atoms with Crippen molar-refractivity contribution < 1.29 is 4.39 Å². The summed E-state index contributed by atoms with van der Waals surface area (Å²) >= 11 is 0. The minimum absolute atomic E-state index is 0.0877. The lowest BCUT2D eigenvalue weighted by Gasteiger charge is -2.16. The summed E-state index contributed by atoms with van der Waals surface area (Å²) in [6.07, 6.45) is 9.69. The minimum atomic E-state index is -0.0877. The van der Waals surface area contributed by atoms with E-state index in [9.17, 15) is 4.39 Å². The van der Waals surface area contributed by atoms with Gasteiger partial charge in [0.15, 0.2) is 0 Å². The number of nitrogens with zero attached hydrogens (tertiary/aromatic N) is 5. The summed E-state index contributed by atoms with van der Waals surface area (Å²) in [5.74, 6) is 1.18. The summed E-state index contributed by atoms with van der Waals surface area (Å²) in [4.78, 5) is 10.9. The smallest absolute Gasteiger partial charge is 0.252 e. The maximum atomic E-state index is 13.7. The fraction of sp³-hybridized carbons (Fsp3) is 0.450. The van der Waals surface area contributed by atoms with Crippen molar-refractivity contribution in [1.29, 1.82) is 0 Å². The molecule has 3 heterocycles. The first-order valence-corrected chi connectivity index (χ1v) is 9.29. The maximum Gasteiger partial charge on any atom is 0.252 e. The fourth-order valence-electron chi connectivity index (χ4n) is 3.77. The van der Waals surface area contributed by atoms with Gasteiger partial charge in [-0.1, -0.05) is 12.1 Å². The Morgan fingerprint density at radius 2 is 2.15 bits per heavy atom. The van der Waals surface area contributed by atoms with Crippen molar-refractivity contribution in [3.63, 3.8) is 0 Å². The molecule has 6 heteroatoms. The summed E-state index contributed by atoms with van der Waals surface area (Å²) in [6.45, 7) is 5.15. The number of fused-ring (bicyclic) bond motifs is 1. The first-order chi connectivity index (χ1) is 12.7. The van der Waals surface area contributed by atoms with Crippen LogP contribution in [0.2, 0.25) is 0 Å². The standard InChI is InChI=1S/C20H24FN5/c1-15-4-5-16(10-19(15)21)9-17-6-8-25(12-17)7-2-3-18-11-22-20-23-14-24-26(20)13-18/h4-5,10-11,13-14,17H,2-3,6-9,12H2,1H3. The molecule has 0 amide bonds. The Bertz CT molecular complexity index is 891. The highest BCUT2D eigenvalue weighted by atomic mass is 19.1. The van der Waals surface area contributed by atoms with Crippen LogP contribution in [0, 0.1) is 18.7 Å². The van der Waals surface area contributed by atoms with Gasteiger partial charge in [0.1, 0.15) is 12.1 Å². The molecule has 0 aliphatic carbocycles. The van der Waals surface area contributed by atoms with Gasteiger partial charge in [0.05, 0.1) is 0 Å². The highest BCUT2D eigenvalue weighted by Gasteiger charge is 2.22. The van der Waals surface area contributed by atoms with E-state index in [0.29, 0.717) is 11.7 Å². The predicted octanol–water partition coefficient (Wildman–Crippen LogP) is 3.07. The molecular formula is C20H24FN5. The third-order valence-corrected chi connectivity index (χ3v) is 5.26. The van der Waals surface area contributed by atoms with Gasteiger partial charge in [-0.05, 0) is 74.4 Å². The molecule has 1 aliphatic heterocycles. The zero-order valence-corrected chi connectivity index (χ0v) is 15.1. The maximum absolute atomic E-state index is 13.7. The fourth-order valence-corrected chi connectivity index (χ4v) is 3.77. The highest BCUT2D eigenvalue weighted by molar-refractivity contribution is 5.26. The number of aromatic nitrogens is 4. The number of hydrogen-bond acceptors (Lipinski definition) is 4. The van der Waals surface area contributed by atoms with E-state index in [1.165, 1.54) is 18.3 Å². The summed E-state index contributed by atoms with van der Waals surface area (Å²) in [7, 11) is 0. The molecule has 1 aliphatic rings. The second-order valence-electron chi connectivity index (χ2n) is 7.31. The largest absolute Gasteiger partial charge is 0.303 e. The van der Waals surface area contributed by atoms with Gasteiger partial charge in [-0.2, -0.15) is 10.1 Å². The van der Waals surface area contributed by atoms with Crippen molar-refractivity contribution in [2.24, 2.45) is 5.92 Å². The lowest BCUT2D eigenvalue weighted by atomic mass is 9.98. The second-order valence-corrected chi connectivity index (χ2v) is 7.31. The molecule has 0 bridgehead atoms. The van der Waals surface area contributed by atoms with Gasteiger partial charge in [0.25, 0.3) is 5.78 Å².